The van der Waals surface area contributed by atoms with Crippen molar-refractivity contribution in [2.45, 2.75) is 25.7 Å². The summed E-state index contributed by atoms with van der Waals surface area (Å²) in [6.45, 7) is 2.33. The lowest BCUT2D eigenvalue weighted by Crippen LogP contribution is -2.34. The summed E-state index contributed by atoms with van der Waals surface area (Å²) in [7, 11) is 1.34. The van der Waals surface area contributed by atoms with Gasteiger partial charge < -0.3 is 10.1 Å². The number of hydrogen-bond acceptors (Lipinski definition) is 5. The van der Waals surface area contributed by atoms with Gasteiger partial charge in [-0.25, -0.2) is 4.79 Å². The highest BCUT2D eigenvalue weighted by molar-refractivity contribution is 7.12. The number of carbonyl (C=O) groups is 2. The molecule has 1 aromatic rings. The van der Waals surface area contributed by atoms with E-state index in [1.54, 1.807) is 11.4 Å². The first-order valence-corrected chi connectivity index (χ1v) is 7.76. The van der Waals surface area contributed by atoms with E-state index in [4.69, 9.17) is 4.74 Å². The topological polar surface area (TPSA) is 58.6 Å². The standard InChI is InChI=1S/C14H20N2O3S/c1-19-14(18)13-11(6-9-20-13)15-12(17)10-16-7-4-2-3-5-8-16/h6,9H,2-5,7-8,10H2,1H3,(H,15,17). The lowest BCUT2D eigenvalue weighted by molar-refractivity contribution is -0.117. The maximum Gasteiger partial charge on any atom is 0.350 e. The molecule has 2 rings (SSSR count). The Morgan fingerprint density at radius 3 is 2.65 bits per heavy atom. The van der Waals surface area contributed by atoms with Gasteiger partial charge in [-0.05, 0) is 37.4 Å². The van der Waals surface area contributed by atoms with Crippen molar-refractivity contribution in [3.63, 3.8) is 0 Å². The van der Waals surface area contributed by atoms with Crippen LogP contribution < -0.4 is 5.32 Å². The van der Waals surface area contributed by atoms with Gasteiger partial charge in [0.15, 0.2) is 0 Å². The van der Waals surface area contributed by atoms with Gasteiger partial charge in [-0.1, -0.05) is 12.8 Å². The summed E-state index contributed by atoms with van der Waals surface area (Å²) in [5.41, 5.74) is 0.543. The largest absolute Gasteiger partial charge is 0.465 e. The van der Waals surface area contributed by atoms with Crippen LogP contribution in [0.4, 0.5) is 5.69 Å². The Labute approximate surface area is 122 Å². The number of esters is 1. The Hall–Kier alpha value is -1.40. The minimum absolute atomic E-state index is 0.0737. The van der Waals surface area contributed by atoms with Gasteiger partial charge in [-0.2, -0.15) is 0 Å². The summed E-state index contributed by atoms with van der Waals surface area (Å²) in [5.74, 6) is -0.486. The summed E-state index contributed by atoms with van der Waals surface area (Å²) in [5, 5.41) is 4.57. The molecule has 6 heteroatoms. The van der Waals surface area contributed by atoms with Gasteiger partial charge in [0.25, 0.3) is 0 Å². The lowest BCUT2D eigenvalue weighted by atomic mass is 10.2. The molecular weight excluding hydrogens is 276 g/mol. The molecule has 1 aliphatic heterocycles. The Morgan fingerprint density at radius 1 is 1.30 bits per heavy atom. The van der Waals surface area contributed by atoms with Crippen molar-refractivity contribution in [1.82, 2.24) is 4.90 Å². The number of nitrogens with zero attached hydrogens (tertiary/aromatic N) is 1. The van der Waals surface area contributed by atoms with Crippen molar-refractivity contribution < 1.29 is 14.3 Å². The minimum Gasteiger partial charge on any atom is -0.465 e. The number of amides is 1. The molecule has 1 amide bonds. The van der Waals surface area contributed by atoms with Crippen molar-refractivity contribution in [1.29, 1.82) is 0 Å². The van der Waals surface area contributed by atoms with Gasteiger partial charge in [0.05, 0.1) is 19.3 Å². The molecular formula is C14H20N2O3S. The first-order valence-electron chi connectivity index (χ1n) is 6.88. The molecule has 0 aromatic carbocycles. The van der Waals surface area contributed by atoms with Gasteiger partial charge in [0.1, 0.15) is 4.88 Å². The molecule has 1 aromatic heterocycles. The summed E-state index contributed by atoms with van der Waals surface area (Å²) in [4.78, 5) is 26.2. The fourth-order valence-corrected chi connectivity index (χ4v) is 3.11. The molecule has 1 aliphatic rings. The zero-order valence-electron chi connectivity index (χ0n) is 11.7. The highest BCUT2D eigenvalue weighted by Gasteiger charge is 2.17. The van der Waals surface area contributed by atoms with Crippen LogP contribution in [0.3, 0.4) is 0 Å². The molecule has 0 atom stereocenters. The molecule has 0 saturated carbocycles. The van der Waals surface area contributed by atoms with Gasteiger partial charge in [-0.15, -0.1) is 11.3 Å². The van der Waals surface area contributed by atoms with Crippen LogP contribution in [0.15, 0.2) is 11.4 Å². The van der Waals surface area contributed by atoms with Crippen LogP contribution >= 0.6 is 11.3 Å². The van der Waals surface area contributed by atoms with Crippen molar-refractivity contribution in [2.75, 3.05) is 32.1 Å². The quantitative estimate of drug-likeness (QED) is 0.867. The summed E-state index contributed by atoms with van der Waals surface area (Å²) in [6, 6.07) is 1.73. The molecule has 0 unspecified atom stereocenters. The third kappa shape index (κ3) is 4.05. The Kier molecular flexibility index (Phi) is 5.55. The highest BCUT2D eigenvalue weighted by Crippen LogP contribution is 2.23. The maximum atomic E-state index is 12.1. The number of anilines is 1. The van der Waals surface area contributed by atoms with Crippen molar-refractivity contribution >= 4 is 28.9 Å². The monoisotopic (exact) mass is 296 g/mol. The van der Waals surface area contributed by atoms with Crippen LogP contribution in [-0.2, 0) is 9.53 Å². The van der Waals surface area contributed by atoms with E-state index in [2.05, 4.69) is 10.2 Å². The zero-order chi connectivity index (χ0) is 14.4. The van der Waals surface area contributed by atoms with Crippen LogP contribution in [0.25, 0.3) is 0 Å². The number of nitrogens with one attached hydrogen (secondary N) is 1. The smallest absolute Gasteiger partial charge is 0.350 e. The van der Waals surface area contributed by atoms with E-state index in [0.717, 1.165) is 25.9 Å². The van der Waals surface area contributed by atoms with Crippen LogP contribution in [0.1, 0.15) is 35.4 Å². The van der Waals surface area contributed by atoms with E-state index in [9.17, 15) is 9.59 Å². The number of ether oxygens (including phenoxy) is 1. The van der Waals surface area contributed by atoms with Gasteiger partial charge >= 0.3 is 5.97 Å². The molecule has 1 saturated heterocycles. The second kappa shape index (κ2) is 7.40. The van der Waals surface area contributed by atoms with Gasteiger partial charge in [-0.3, -0.25) is 9.69 Å². The summed E-state index contributed by atoms with van der Waals surface area (Å²) in [6.07, 6.45) is 4.79. The molecule has 0 bridgehead atoms. The van der Waals surface area contributed by atoms with Gasteiger partial charge in [0, 0.05) is 0 Å². The second-order valence-corrected chi connectivity index (χ2v) is 5.81. The van der Waals surface area contributed by atoms with E-state index < -0.39 is 5.97 Å². The molecule has 1 N–H and O–H groups in total. The first-order chi connectivity index (χ1) is 9.70. The third-order valence-electron chi connectivity index (χ3n) is 3.38. The van der Waals surface area contributed by atoms with Crippen LogP contribution in [0.5, 0.6) is 0 Å². The van der Waals surface area contributed by atoms with E-state index in [0.29, 0.717) is 17.1 Å². The molecule has 5 nitrogen and oxygen atoms in total. The fourth-order valence-electron chi connectivity index (χ4n) is 2.35. The normalized spacial score (nSPS) is 16.4. The number of carbonyl (C=O) groups excluding carboxylic acids is 2. The van der Waals surface area contributed by atoms with Crippen LogP contribution in [0.2, 0.25) is 0 Å². The van der Waals surface area contributed by atoms with Crippen molar-refractivity contribution in [3.8, 4) is 0 Å². The Bertz CT molecular complexity index is 465. The molecule has 0 aliphatic carbocycles. The minimum atomic E-state index is -0.412. The molecule has 20 heavy (non-hydrogen) atoms. The van der Waals surface area contributed by atoms with Crippen molar-refractivity contribution in [2.24, 2.45) is 0 Å². The van der Waals surface area contributed by atoms with Crippen LogP contribution in [-0.4, -0.2) is 43.5 Å². The van der Waals surface area contributed by atoms with Gasteiger partial charge in [0.2, 0.25) is 5.91 Å². The summed E-state index contributed by atoms with van der Waals surface area (Å²) < 4.78 is 4.69. The van der Waals surface area contributed by atoms with E-state index in [-0.39, 0.29) is 5.91 Å². The number of thiophene rings is 1. The second-order valence-electron chi connectivity index (χ2n) is 4.89. The van der Waals surface area contributed by atoms with E-state index in [1.165, 1.54) is 31.3 Å². The van der Waals surface area contributed by atoms with E-state index >= 15 is 0 Å². The SMILES string of the molecule is COC(=O)c1sccc1NC(=O)CN1CCCCCC1. The first kappa shape index (κ1) is 15.0. The molecule has 0 spiro atoms. The Balaban J connectivity index is 1.91. The molecule has 2 heterocycles. The van der Waals surface area contributed by atoms with E-state index in [1.807, 2.05) is 0 Å². The van der Waals surface area contributed by atoms with Crippen LogP contribution in [0, 0.1) is 0 Å². The third-order valence-corrected chi connectivity index (χ3v) is 4.27. The number of hydrogen-bond donors (Lipinski definition) is 1. The average molecular weight is 296 g/mol. The lowest BCUT2D eigenvalue weighted by Gasteiger charge is -2.18. The average Bonchev–Trinajstić information content (AvgIpc) is 2.73. The Morgan fingerprint density at radius 2 is 2.00 bits per heavy atom. The molecule has 0 radical (unpaired) electrons. The fraction of sp³-hybridized carbons (Fsp3) is 0.571. The highest BCUT2D eigenvalue weighted by atomic mass is 32.1. The number of likely N-dealkylation sites (tertiary alicyclic amines) is 1. The maximum absolute atomic E-state index is 12.1. The van der Waals surface area contributed by atoms with Crippen molar-refractivity contribution in [3.05, 3.63) is 16.3 Å². The molecule has 110 valence electrons. The predicted molar refractivity (Wildman–Crippen MR) is 79.2 cm³/mol. The molecule has 1 fully saturated rings. The zero-order valence-corrected chi connectivity index (χ0v) is 12.5. The summed E-state index contributed by atoms with van der Waals surface area (Å²) >= 11 is 1.27. The number of rotatable bonds is 4. The predicted octanol–water partition coefficient (Wildman–Crippen LogP) is 2.35. The number of methoxy groups -OCH3 is 1.